The largest absolute Gasteiger partial charge is 0.388 e. The molecule has 1 aliphatic carbocycles. The SMILES string of the molecule is CCc1ccc(CSC2CC(=O)C(CCOCCOCC(=O)N[C@H](C(=O)C[C@@H](CCCNC(N)=O)C(=O)Nc3ccc(CCC(=O)N(C)[C@H](C(=O)C[C@H](C(=O)N(C)C([C@@H](C)CC)[C@@H](CC(=O)N4CCC[C@H]4[C@H](OC)[C@@H](C)C(=O)C[C@H](C)[C@@H](O)c4ccccc4)OC)C(C)C)C(C)C)cc3)C(C)C)C2=O)cc1. The first-order valence-corrected chi connectivity index (χ1v) is 39.2. The first-order chi connectivity index (χ1) is 50.4. The van der Waals surface area contributed by atoms with Crippen LogP contribution in [0.15, 0.2) is 78.9 Å². The van der Waals surface area contributed by atoms with Crippen molar-refractivity contribution in [1.82, 2.24) is 25.3 Å². The van der Waals surface area contributed by atoms with E-state index in [0.29, 0.717) is 50.1 Å². The lowest BCUT2D eigenvalue weighted by molar-refractivity contribution is -0.149. The molecule has 3 aromatic rings. The number of hydrogen-bond acceptors (Lipinski definition) is 17. The molecule has 1 saturated carbocycles. The number of ether oxygens (including phenoxy) is 4. The molecule has 5 rings (SSSR count). The number of anilines is 1. The van der Waals surface area contributed by atoms with Crippen LogP contribution in [-0.2, 0) is 85.5 Å². The highest BCUT2D eigenvalue weighted by Gasteiger charge is 2.45. The number of hydrogen-bond donors (Lipinski definition) is 5. The maximum atomic E-state index is 15.0. The van der Waals surface area contributed by atoms with E-state index in [4.69, 9.17) is 24.7 Å². The molecule has 1 heterocycles. The van der Waals surface area contributed by atoms with E-state index in [1.165, 1.54) is 29.3 Å². The Morgan fingerprint density at radius 2 is 1.37 bits per heavy atom. The molecule has 0 aromatic heterocycles. The van der Waals surface area contributed by atoms with E-state index in [-0.39, 0.29) is 172 Å². The molecule has 2 aliphatic rings. The number of nitrogens with one attached hydrogen (secondary N) is 3. The minimum absolute atomic E-state index is 0.0439. The Morgan fingerprint density at radius 3 is 1.97 bits per heavy atom. The van der Waals surface area contributed by atoms with Gasteiger partial charge >= 0.3 is 6.03 Å². The van der Waals surface area contributed by atoms with E-state index < -0.39 is 78.0 Å². The number of benzene rings is 3. The van der Waals surface area contributed by atoms with Gasteiger partial charge < -0.3 is 60.4 Å². The molecule has 588 valence electrons. The molecule has 0 spiro atoms. The van der Waals surface area contributed by atoms with Crippen LogP contribution in [0.4, 0.5) is 10.5 Å². The number of likely N-dealkylation sites (tertiary alicyclic amines) is 1. The van der Waals surface area contributed by atoms with Crippen LogP contribution in [0.1, 0.15) is 182 Å². The summed E-state index contributed by atoms with van der Waals surface area (Å²) in [5, 5.41) is 18.9. The summed E-state index contributed by atoms with van der Waals surface area (Å²) in [6.07, 6.45) is 1.86. The number of amides is 7. The second-order valence-corrected chi connectivity index (χ2v) is 31.3. The van der Waals surface area contributed by atoms with Crippen LogP contribution >= 0.6 is 11.8 Å². The van der Waals surface area contributed by atoms with Gasteiger partial charge in [-0.05, 0) is 109 Å². The van der Waals surface area contributed by atoms with Crippen molar-refractivity contribution in [3.05, 3.63) is 101 Å². The van der Waals surface area contributed by atoms with Gasteiger partial charge in [0.25, 0.3) is 0 Å². The van der Waals surface area contributed by atoms with Gasteiger partial charge in [-0.25, -0.2) is 4.79 Å². The highest BCUT2D eigenvalue weighted by atomic mass is 32.2. The van der Waals surface area contributed by atoms with Crippen LogP contribution in [0.2, 0.25) is 0 Å². The fourth-order valence-electron chi connectivity index (χ4n) is 14.8. The maximum absolute atomic E-state index is 15.0. The number of methoxy groups -OCH3 is 2. The van der Waals surface area contributed by atoms with Crippen molar-refractivity contribution in [1.29, 1.82) is 0 Å². The summed E-state index contributed by atoms with van der Waals surface area (Å²) in [7, 11) is 6.40. The number of nitrogens with two attached hydrogens (primary N) is 1. The first-order valence-electron chi connectivity index (χ1n) is 38.2. The zero-order chi connectivity index (χ0) is 78.5. The quantitative estimate of drug-likeness (QED) is 0.0259. The summed E-state index contributed by atoms with van der Waals surface area (Å²) in [5.74, 6) is -6.29. The Balaban J connectivity index is 1.12. The third kappa shape index (κ3) is 26.9. The Morgan fingerprint density at radius 1 is 0.717 bits per heavy atom. The topological polar surface area (TPSA) is 317 Å². The van der Waals surface area contributed by atoms with Gasteiger partial charge in [-0.15, -0.1) is 11.8 Å². The molecular formula is C82H123N7O16S. The zero-order valence-corrected chi connectivity index (χ0v) is 66.4. The van der Waals surface area contributed by atoms with Crippen LogP contribution in [0.3, 0.4) is 0 Å². The monoisotopic (exact) mass is 1490 g/mol. The number of thioether (sulfide) groups is 1. The number of urea groups is 1. The highest BCUT2D eigenvalue weighted by Crippen LogP contribution is 2.36. The predicted octanol–water partition coefficient (Wildman–Crippen LogP) is 10.1. The summed E-state index contributed by atoms with van der Waals surface area (Å²) in [6, 6.07) is 20.9. The van der Waals surface area contributed by atoms with E-state index in [2.05, 4.69) is 47.1 Å². The lowest BCUT2D eigenvalue weighted by Crippen LogP contribution is -2.54. The second-order valence-electron chi connectivity index (χ2n) is 30.1. The number of rotatable bonds is 48. The summed E-state index contributed by atoms with van der Waals surface area (Å²) in [5.41, 5.74) is 9.58. The van der Waals surface area contributed by atoms with E-state index in [1.54, 1.807) is 69.1 Å². The fraction of sp³-hybridized carbons (Fsp3) is 0.646. The number of carbonyl (C=O) groups is 11. The van der Waals surface area contributed by atoms with Crippen molar-refractivity contribution in [2.75, 3.05) is 73.1 Å². The van der Waals surface area contributed by atoms with Crippen LogP contribution in [0.25, 0.3) is 0 Å². The van der Waals surface area contributed by atoms with Crippen LogP contribution in [0.5, 0.6) is 0 Å². The average Bonchev–Trinajstić information content (AvgIpc) is 1.06. The number of aliphatic hydroxyl groups is 1. The molecule has 3 aromatic carbocycles. The van der Waals surface area contributed by atoms with Gasteiger partial charge in [0, 0.05) is 109 Å². The van der Waals surface area contributed by atoms with Crippen LogP contribution in [-0.4, -0.2) is 194 Å². The van der Waals surface area contributed by atoms with Crippen molar-refractivity contribution < 1.29 is 76.8 Å². The number of likely N-dealkylation sites (N-methyl/N-ethyl adjacent to an activating group) is 2. The Labute approximate surface area is 633 Å². The van der Waals surface area contributed by atoms with Crippen molar-refractivity contribution in [3.8, 4) is 0 Å². The van der Waals surface area contributed by atoms with Gasteiger partial charge in [0.05, 0.1) is 73.3 Å². The molecule has 7 amide bonds. The predicted molar refractivity (Wildman–Crippen MR) is 411 cm³/mol. The van der Waals surface area contributed by atoms with Gasteiger partial charge in [0.15, 0.2) is 17.3 Å². The zero-order valence-electron chi connectivity index (χ0n) is 65.6. The average molecular weight is 1490 g/mol. The third-order valence-electron chi connectivity index (χ3n) is 21.4. The molecule has 24 heteroatoms. The van der Waals surface area contributed by atoms with Gasteiger partial charge in [-0.1, -0.05) is 149 Å². The molecule has 0 radical (unpaired) electrons. The highest BCUT2D eigenvalue weighted by molar-refractivity contribution is 7.99. The number of primary amides is 1. The van der Waals surface area contributed by atoms with Crippen LogP contribution < -0.4 is 21.7 Å². The lowest BCUT2D eigenvalue weighted by atomic mass is 9.83. The molecule has 106 heavy (non-hydrogen) atoms. The van der Waals surface area contributed by atoms with E-state index in [9.17, 15) is 57.8 Å². The van der Waals surface area contributed by atoms with E-state index in [0.717, 1.165) is 23.1 Å². The number of Topliss-reactive ketones (excluding diaryl/α,β-unsaturated/α-hetero) is 5. The van der Waals surface area contributed by atoms with Crippen molar-refractivity contribution >= 4 is 81.9 Å². The normalized spacial score (nSPS) is 18.4. The lowest BCUT2D eigenvalue weighted by Gasteiger charge is -2.41. The number of aryl methyl sites for hydroxylation is 2. The molecular weight excluding hydrogens is 1370 g/mol. The molecule has 6 N–H and O–H groups in total. The number of aliphatic hydroxyl groups excluding tert-OH is 1. The minimum atomic E-state index is -0.958. The van der Waals surface area contributed by atoms with Gasteiger partial charge in [-0.2, -0.15) is 0 Å². The van der Waals surface area contributed by atoms with E-state index >= 15 is 0 Å². The van der Waals surface area contributed by atoms with Gasteiger partial charge in [-0.3, -0.25) is 47.9 Å². The summed E-state index contributed by atoms with van der Waals surface area (Å²) in [4.78, 5) is 156. The molecule has 0 bridgehead atoms. The molecule has 23 nitrogen and oxygen atoms in total. The molecule has 1 saturated heterocycles. The standard InChI is InChI=1S/C82H123N7O16S/c1-16-53(9)76(69(102-14)47-73(96)89-39-22-26-64(89)79(103-15)55(11)65(90)43-54(10)77(97)59-23-19-18-20-24-59)88(13)81(100)63(50(3)4)45-68(93)75(52(7)8)87(12)72(95)36-33-57-31-34-61(35-32-57)85-80(99)60(25-21-38-84-82(83)101)44-67(92)74(51(5)6)86-71(94)48-105-42-41-104-40-37-62-66(91)46-70(78(62)98)106-49-58-29-27-56(17-2)28-30-58/h18-20,23-24,27-32,34-35,50-55,60,62-64,69-70,74-77,79,97H,16-17,21-22,25-26,33,36-49H2,1-15H3,(H,85,99)(H,86,94)(H3,83,84,101)/t53-,54-,55-,60+,62?,63-,64-,69+,70?,74-,75-,76?,77+,79+/m0/s1. The first kappa shape index (κ1) is 89.4. The Bertz CT molecular complexity index is 3340. The van der Waals surface area contributed by atoms with Crippen molar-refractivity contribution in [2.24, 2.45) is 59.0 Å². The Hall–Kier alpha value is -7.22. The third-order valence-corrected chi connectivity index (χ3v) is 22.7. The fourth-order valence-corrected chi connectivity index (χ4v) is 16.0. The second kappa shape index (κ2) is 44.9. The number of ketones is 5. The number of nitrogens with zero attached hydrogens (tertiary/aromatic N) is 3. The molecule has 1 aliphatic heterocycles. The van der Waals surface area contributed by atoms with Gasteiger partial charge in [0.2, 0.25) is 29.5 Å². The molecule has 2 fully saturated rings. The summed E-state index contributed by atoms with van der Waals surface area (Å²) < 4.78 is 23.4. The van der Waals surface area contributed by atoms with Gasteiger partial charge in [0.1, 0.15) is 18.2 Å². The van der Waals surface area contributed by atoms with Crippen molar-refractivity contribution in [2.45, 2.75) is 220 Å². The number of carbonyl (C=O) groups excluding carboxylic acids is 11. The minimum Gasteiger partial charge on any atom is -0.388 e. The smallest absolute Gasteiger partial charge is 0.312 e. The van der Waals surface area contributed by atoms with Crippen LogP contribution in [0, 0.1) is 53.3 Å². The maximum Gasteiger partial charge on any atom is 0.312 e. The molecule has 3 unspecified atom stereocenters. The molecule has 14 atom stereocenters. The summed E-state index contributed by atoms with van der Waals surface area (Å²) in [6.45, 7) is 21.4. The van der Waals surface area contributed by atoms with Crippen molar-refractivity contribution in [3.63, 3.8) is 0 Å². The summed E-state index contributed by atoms with van der Waals surface area (Å²) >= 11 is 1.49. The Kier molecular flexibility index (Phi) is 37.9. The van der Waals surface area contributed by atoms with E-state index in [1.807, 2.05) is 85.7 Å².